The lowest BCUT2D eigenvalue weighted by atomic mass is 9.78. The summed E-state index contributed by atoms with van der Waals surface area (Å²) in [6.45, 7) is 3.25. The molecular formula is C27H30ClF2N5O. The molecule has 0 spiro atoms. The topological polar surface area (TPSA) is 63.1 Å². The fourth-order valence-electron chi connectivity index (χ4n) is 5.18. The Morgan fingerprint density at radius 3 is 2.67 bits per heavy atom. The van der Waals surface area contributed by atoms with Crippen LogP contribution in [0.2, 0.25) is 5.02 Å². The summed E-state index contributed by atoms with van der Waals surface area (Å²) in [6.07, 6.45) is 2.68. The van der Waals surface area contributed by atoms with Gasteiger partial charge in [0.2, 0.25) is 6.43 Å². The van der Waals surface area contributed by atoms with Crippen LogP contribution in [0.4, 0.5) is 14.5 Å². The van der Waals surface area contributed by atoms with E-state index < -0.39 is 6.43 Å². The lowest BCUT2D eigenvalue weighted by Crippen LogP contribution is -2.47. The van der Waals surface area contributed by atoms with E-state index in [1.807, 2.05) is 36.4 Å². The van der Waals surface area contributed by atoms with Gasteiger partial charge in [-0.15, -0.1) is 10.2 Å². The van der Waals surface area contributed by atoms with Crippen LogP contribution in [0.1, 0.15) is 77.8 Å². The molecule has 1 saturated carbocycles. The van der Waals surface area contributed by atoms with E-state index in [2.05, 4.69) is 22.4 Å². The zero-order chi connectivity index (χ0) is 25.4. The Bertz CT molecular complexity index is 1270. The number of benzene rings is 2. The van der Waals surface area contributed by atoms with E-state index in [1.165, 1.54) is 6.42 Å². The van der Waals surface area contributed by atoms with E-state index in [9.17, 15) is 13.6 Å². The van der Waals surface area contributed by atoms with E-state index in [0.717, 1.165) is 29.5 Å². The molecular weight excluding hydrogens is 484 g/mol. The zero-order valence-electron chi connectivity index (χ0n) is 20.5. The van der Waals surface area contributed by atoms with Crippen LogP contribution in [0.15, 0.2) is 42.7 Å². The molecule has 5 rings (SSSR count). The number of fused-ring (bicyclic) bond motifs is 1. The number of aryl methyl sites for hydroxylation is 1. The number of rotatable bonds is 9. The van der Waals surface area contributed by atoms with Crippen LogP contribution in [0.3, 0.4) is 0 Å². The van der Waals surface area contributed by atoms with Crippen molar-refractivity contribution in [1.82, 2.24) is 20.1 Å². The molecule has 2 aromatic carbocycles. The number of carbonyl (C=O) groups is 1. The normalized spacial score (nSPS) is 17.4. The van der Waals surface area contributed by atoms with E-state index >= 15 is 0 Å². The predicted molar refractivity (Wildman–Crippen MR) is 136 cm³/mol. The van der Waals surface area contributed by atoms with Crippen LogP contribution >= 0.6 is 11.6 Å². The minimum atomic E-state index is -2.41. The number of nitrogens with one attached hydrogen (secondary N) is 1. The number of halogens is 3. The average molecular weight is 514 g/mol. The minimum absolute atomic E-state index is 0.108. The van der Waals surface area contributed by atoms with Gasteiger partial charge in [0.05, 0.1) is 6.54 Å². The second kappa shape index (κ2) is 9.90. The number of hydrogen-bond acceptors (Lipinski definition) is 4. The molecule has 36 heavy (non-hydrogen) atoms. The van der Waals surface area contributed by atoms with E-state index in [0.29, 0.717) is 35.2 Å². The van der Waals surface area contributed by atoms with Crippen LogP contribution in [0, 0.1) is 0 Å². The monoisotopic (exact) mass is 513 g/mol. The summed E-state index contributed by atoms with van der Waals surface area (Å²) >= 11 is 6.63. The van der Waals surface area contributed by atoms with E-state index in [-0.39, 0.29) is 30.2 Å². The standard InChI is InChI=1S/C27H30ClF2N5O/c1-27(9-4-10-27)31-14-17-11-21-22(23(28)12-17)15-35(26(21)36)19-6-3-5-18(13-19)20(7-8-24(29)30)25-33-32-16-34(25)2/h3,5-6,11-13,16,20,24,31H,4,7-10,14-15H2,1-2H3. The van der Waals surface area contributed by atoms with Crippen LogP contribution in [0.5, 0.6) is 0 Å². The molecule has 2 heterocycles. The van der Waals surface area contributed by atoms with Crippen molar-refractivity contribution in [3.63, 3.8) is 0 Å². The Morgan fingerprint density at radius 1 is 1.19 bits per heavy atom. The van der Waals surface area contributed by atoms with Crippen molar-refractivity contribution >= 4 is 23.2 Å². The summed E-state index contributed by atoms with van der Waals surface area (Å²) < 4.78 is 27.9. The molecule has 190 valence electrons. The predicted octanol–water partition coefficient (Wildman–Crippen LogP) is 5.84. The first-order valence-electron chi connectivity index (χ1n) is 12.3. The zero-order valence-corrected chi connectivity index (χ0v) is 21.2. The maximum absolute atomic E-state index is 13.5. The average Bonchev–Trinajstić information content (AvgIpc) is 3.40. The maximum atomic E-state index is 13.5. The Kier molecular flexibility index (Phi) is 6.83. The molecule has 0 saturated heterocycles. The van der Waals surface area contributed by atoms with Crippen molar-refractivity contribution in [1.29, 1.82) is 0 Å². The highest BCUT2D eigenvalue weighted by Gasteiger charge is 2.33. The van der Waals surface area contributed by atoms with Crippen molar-refractivity contribution < 1.29 is 13.6 Å². The fraction of sp³-hybridized carbons (Fsp3) is 0.444. The number of nitrogens with zero attached hydrogens (tertiary/aromatic N) is 4. The summed E-state index contributed by atoms with van der Waals surface area (Å²) in [5.41, 5.74) is 4.10. The van der Waals surface area contributed by atoms with Gasteiger partial charge in [0.1, 0.15) is 12.2 Å². The quantitative estimate of drug-likeness (QED) is 0.390. The molecule has 1 amide bonds. The number of alkyl halides is 2. The van der Waals surface area contributed by atoms with Crippen molar-refractivity contribution in [3.8, 4) is 0 Å². The third kappa shape index (κ3) is 4.89. The second-order valence-electron chi connectivity index (χ2n) is 10.2. The summed E-state index contributed by atoms with van der Waals surface area (Å²) in [5.74, 6) is 0.147. The van der Waals surface area contributed by atoms with Gasteiger partial charge in [-0.3, -0.25) is 4.79 Å². The van der Waals surface area contributed by atoms with Crippen molar-refractivity contribution in [3.05, 3.63) is 75.8 Å². The number of carbonyl (C=O) groups excluding carboxylic acids is 1. The third-order valence-electron chi connectivity index (χ3n) is 7.54. The van der Waals surface area contributed by atoms with Crippen LogP contribution < -0.4 is 10.2 Å². The first-order chi connectivity index (χ1) is 17.2. The molecule has 1 aliphatic carbocycles. The van der Waals surface area contributed by atoms with Gasteiger partial charge in [0.25, 0.3) is 5.91 Å². The van der Waals surface area contributed by atoms with Crippen LogP contribution in [-0.4, -0.2) is 32.6 Å². The number of anilines is 1. The molecule has 1 atom stereocenters. The molecule has 1 aromatic heterocycles. The molecule has 0 bridgehead atoms. The molecule has 3 aromatic rings. The molecule has 1 aliphatic heterocycles. The van der Waals surface area contributed by atoms with E-state index in [4.69, 9.17) is 11.6 Å². The van der Waals surface area contributed by atoms with Gasteiger partial charge < -0.3 is 14.8 Å². The highest BCUT2D eigenvalue weighted by Crippen LogP contribution is 2.37. The number of amides is 1. The van der Waals surface area contributed by atoms with E-state index in [1.54, 1.807) is 22.8 Å². The first-order valence-corrected chi connectivity index (χ1v) is 12.7. The van der Waals surface area contributed by atoms with Gasteiger partial charge in [-0.1, -0.05) is 23.7 Å². The maximum Gasteiger partial charge on any atom is 0.258 e. The molecule has 1 N–H and O–H groups in total. The smallest absolute Gasteiger partial charge is 0.258 e. The molecule has 6 nitrogen and oxygen atoms in total. The largest absolute Gasteiger partial charge is 0.320 e. The molecule has 1 unspecified atom stereocenters. The lowest BCUT2D eigenvalue weighted by Gasteiger charge is -2.39. The Balaban J connectivity index is 1.40. The highest BCUT2D eigenvalue weighted by atomic mass is 35.5. The van der Waals surface area contributed by atoms with Crippen molar-refractivity contribution in [2.75, 3.05) is 4.90 Å². The van der Waals surface area contributed by atoms with Gasteiger partial charge in [0.15, 0.2) is 0 Å². The highest BCUT2D eigenvalue weighted by molar-refractivity contribution is 6.32. The van der Waals surface area contributed by atoms with Gasteiger partial charge >= 0.3 is 0 Å². The second-order valence-corrected chi connectivity index (χ2v) is 10.6. The van der Waals surface area contributed by atoms with Gasteiger partial charge in [0, 0.05) is 53.3 Å². The molecule has 2 aliphatic rings. The van der Waals surface area contributed by atoms with Crippen molar-refractivity contribution in [2.24, 2.45) is 7.05 Å². The van der Waals surface area contributed by atoms with Gasteiger partial charge in [-0.2, -0.15) is 0 Å². The summed E-state index contributed by atoms with van der Waals surface area (Å²) in [6, 6.07) is 11.4. The SMILES string of the molecule is Cn1cnnc1C(CCC(F)F)c1cccc(N2Cc3c(Cl)cc(CNC4(C)CCC4)cc3C2=O)c1. The fourth-order valence-corrected chi connectivity index (χ4v) is 5.49. The van der Waals surface area contributed by atoms with Gasteiger partial charge in [-0.05, 0) is 68.0 Å². The van der Waals surface area contributed by atoms with Crippen molar-refractivity contribution in [2.45, 2.75) is 70.0 Å². The summed E-state index contributed by atoms with van der Waals surface area (Å²) in [5, 5.41) is 12.3. The Labute approximate surface area is 214 Å². The summed E-state index contributed by atoms with van der Waals surface area (Å²) in [4.78, 5) is 15.2. The lowest BCUT2D eigenvalue weighted by molar-refractivity contribution is 0.0996. The Morgan fingerprint density at radius 2 is 2.00 bits per heavy atom. The van der Waals surface area contributed by atoms with Crippen LogP contribution in [-0.2, 0) is 20.1 Å². The summed E-state index contributed by atoms with van der Waals surface area (Å²) in [7, 11) is 1.80. The molecule has 9 heteroatoms. The number of aromatic nitrogens is 3. The number of hydrogen-bond donors (Lipinski definition) is 1. The molecule has 0 radical (unpaired) electrons. The third-order valence-corrected chi connectivity index (χ3v) is 7.88. The van der Waals surface area contributed by atoms with Crippen LogP contribution in [0.25, 0.3) is 0 Å². The van der Waals surface area contributed by atoms with Gasteiger partial charge in [-0.25, -0.2) is 8.78 Å². The first kappa shape index (κ1) is 24.8. The Hall–Kier alpha value is -2.84. The minimum Gasteiger partial charge on any atom is -0.320 e. The molecule has 1 fully saturated rings.